The highest BCUT2D eigenvalue weighted by molar-refractivity contribution is 5.98. The SMILES string of the molecule is O=C(Nc1n[nH]c2ccccc12)N1CCC(O)(c2cc(F)cc(F)c2)CC1. The van der Waals surface area contributed by atoms with Gasteiger partial charge >= 0.3 is 6.03 Å². The van der Waals surface area contributed by atoms with Crippen molar-refractivity contribution in [3.8, 4) is 0 Å². The van der Waals surface area contributed by atoms with E-state index in [4.69, 9.17) is 0 Å². The summed E-state index contributed by atoms with van der Waals surface area (Å²) in [5, 5.41) is 21.3. The maximum absolute atomic E-state index is 13.5. The molecule has 0 aliphatic carbocycles. The zero-order valence-electron chi connectivity index (χ0n) is 14.4. The molecule has 1 fully saturated rings. The summed E-state index contributed by atoms with van der Waals surface area (Å²) < 4.78 is 26.9. The number of nitrogens with one attached hydrogen (secondary N) is 2. The largest absolute Gasteiger partial charge is 0.385 e. The number of likely N-dealkylation sites (tertiary alicyclic amines) is 1. The van der Waals surface area contributed by atoms with Crippen molar-refractivity contribution in [1.82, 2.24) is 15.1 Å². The number of hydrogen-bond acceptors (Lipinski definition) is 3. The Kier molecular flexibility index (Phi) is 4.27. The summed E-state index contributed by atoms with van der Waals surface area (Å²) in [7, 11) is 0. The summed E-state index contributed by atoms with van der Waals surface area (Å²) in [6.45, 7) is 0.506. The summed E-state index contributed by atoms with van der Waals surface area (Å²) in [6, 6.07) is 10.1. The van der Waals surface area contributed by atoms with Gasteiger partial charge in [0, 0.05) is 24.5 Å². The number of carbonyl (C=O) groups is 1. The summed E-state index contributed by atoms with van der Waals surface area (Å²) >= 11 is 0. The highest BCUT2D eigenvalue weighted by Gasteiger charge is 2.36. The van der Waals surface area contributed by atoms with Gasteiger partial charge in [0.05, 0.1) is 11.1 Å². The topological polar surface area (TPSA) is 81.2 Å². The zero-order valence-corrected chi connectivity index (χ0v) is 14.4. The van der Waals surface area contributed by atoms with Crippen LogP contribution < -0.4 is 5.32 Å². The number of rotatable bonds is 2. The van der Waals surface area contributed by atoms with Gasteiger partial charge in [-0.1, -0.05) is 12.1 Å². The standard InChI is InChI=1S/C19H18F2N4O2/c20-13-9-12(10-14(21)11-13)19(27)5-7-25(8-6-19)18(26)22-17-15-3-1-2-4-16(15)23-24-17/h1-4,9-11,27H,5-8H2,(H2,22,23,24,26). The van der Waals surface area contributed by atoms with Gasteiger partial charge in [0.25, 0.3) is 0 Å². The Hall–Kier alpha value is -3.00. The highest BCUT2D eigenvalue weighted by Crippen LogP contribution is 2.34. The first kappa shape index (κ1) is 17.4. The lowest BCUT2D eigenvalue weighted by atomic mass is 9.84. The molecule has 0 bridgehead atoms. The number of nitrogens with zero attached hydrogens (tertiary/aromatic N) is 2. The molecule has 2 heterocycles. The molecule has 3 aromatic rings. The van der Waals surface area contributed by atoms with E-state index in [-0.39, 0.29) is 37.5 Å². The van der Waals surface area contributed by atoms with E-state index < -0.39 is 17.2 Å². The predicted octanol–water partition coefficient (Wildman–Crippen LogP) is 3.36. The van der Waals surface area contributed by atoms with E-state index in [0.29, 0.717) is 5.82 Å². The minimum Gasteiger partial charge on any atom is -0.385 e. The van der Waals surface area contributed by atoms with Crippen LogP contribution in [0, 0.1) is 11.6 Å². The lowest BCUT2D eigenvalue weighted by Crippen LogP contribution is -2.46. The number of hydrogen-bond donors (Lipinski definition) is 3. The fourth-order valence-electron chi connectivity index (χ4n) is 3.43. The first-order chi connectivity index (χ1) is 12.9. The van der Waals surface area contributed by atoms with Crippen molar-refractivity contribution in [2.24, 2.45) is 0 Å². The Balaban J connectivity index is 1.44. The fourth-order valence-corrected chi connectivity index (χ4v) is 3.43. The van der Waals surface area contributed by atoms with Crippen molar-refractivity contribution in [2.45, 2.75) is 18.4 Å². The second-order valence-corrected chi connectivity index (χ2v) is 6.72. The zero-order chi connectivity index (χ0) is 19.0. The van der Waals surface area contributed by atoms with Crippen LogP contribution in [0.1, 0.15) is 18.4 Å². The molecule has 0 spiro atoms. The molecule has 8 heteroatoms. The maximum atomic E-state index is 13.5. The van der Waals surface area contributed by atoms with Crippen molar-refractivity contribution in [3.63, 3.8) is 0 Å². The molecule has 0 unspecified atom stereocenters. The highest BCUT2D eigenvalue weighted by atomic mass is 19.1. The van der Waals surface area contributed by atoms with Crippen LogP contribution in [0.4, 0.5) is 19.4 Å². The predicted molar refractivity (Wildman–Crippen MR) is 96.2 cm³/mol. The third-order valence-corrected chi connectivity index (χ3v) is 4.97. The molecule has 27 heavy (non-hydrogen) atoms. The van der Waals surface area contributed by atoms with Crippen molar-refractivity contribution in [2.75, 3.05) is 18.4 Å². The van der Waals surface area contributed by atoms with Crippen molar-refractivity contribution in [3.05, 3.63) is 59.7 Å². The van der Waals surface area contributed by atoms with Gasteiger partial charge in [-0.3, -0.25) is 10.4 Å². The first-order valence-electron chi connectivity index (χ1n) is 8.63. The molecule has 6 nitrogen and oxygen atoms in total. The van der Waals surface area contributed by atoms with E-state index in [0.717, 1.165) is 29.1 Å². The molecule has 2 amide bonds. The first-order valence-corrected chi connectivity index (χ1v) is 8.63. The number of benzene rings is 2. The van der Waals surface area contributed by atoms with E-state index >= 15 is 0 Å². The van der Waals surface area contributed by atoms with Crippen LogP contribution in [-0.4, -0.2) is 39.3 Å². The summed E-state index contributed by atoms with van der Waals surface area (Å²) in [6.07, 6.45) is 0.370. The van der Waals surface area contributed by atoms with Crippen LogP contribution in [0.15, 0.2) is 42.5 Å². The van der Waals surface area contributed by atoms with E-state index in [1.165, 1.54) is 0 Å². The number of para-hydroxylation sites is 1. The van der Waals surface area contributed by atoms with E-state index in [2.05, 4.69) is 15.5 Å². The quantitative estimate of drug-likeness (QED) is 0.645. The third kappa shape index (κ3) is 3.35. The number of anilines is 1. The van der Waals surface area contributed by atoms with Gasteiger partial charge in [-0.15, -0.1) is 0 Å². The van der Waals surface area contributed by atoms with Crippen LogP contribution >= 0.6 is 0 Å². The average Bonchev–Trinajstić information content (AvgIpc) is 3.04. The smallest absolute Gasteiger partial charge is 0.323 e. The molecule has 4 rings (SSSR count). The van der Waals surface area contributed by atoms with Crippen molar-refractivity contribution < 1.29 is 18.7 Å². The van der Waals surface area contributed by atoms with E-state index in [1.54, 1.807) is 4.90 Å². The summed E-state index contributed by atoms with van der Waals surface area (Å²) in [5.41, 5.74) is -0.356. The van der Waals surface area contributed by atoms with Crippen molar-refractivity contribution >= 4 is 22.8 Å². The normalized spacial score (nSPS) is 16.5. The number of aromatic nitrogens is 2. The van der Waals surface area contributed by atoms with Crippen LogP contribution in [0.3, 0.4) is 0 Å². The molecular weight excluding hydrogens is 354 g/mol. The van der Waals surface area contributed by atoms with E-state index in [1.807, 2.05) is 24.3 Å². The molecule has 1 aromatic heterocycles. The molecule has 3 N–H and O–H groups in total. The molecule has 0 saturated carbocycles. The Labute approximate surface area is 153 Å². The molecule has 2 aromatic carbocycles. The summed E-state index contributed by atoms with van der Waals surface area (Å²) in [5.74, 6) is -1.03. The number of aliphatic hydroxyl groups is 1. The lowest BCUT2D eigenvalue weighted by Gasteiger charge is -2.38. The molecule has 0 atom stereocenters. The monoisotopic (exact) mass is 372 g/mol. The average molecular weight is 372 g/mol. The van der Waals surface area contributed by atoms with Gasteiger partial charge in [0.1, 0.15) is 11.6 Å². The number of fused-ring (bicyclic) bond motifs is 1. The van der Waals surface area contributed by atoms with Gasteiger partial charge < -0.3 is 10.0 Å². The third-order valence-electron chi connectivity index (χ3n) is 4.97. The molecule has 1 saturated heterocycles. The molecule has 1 aliphatic heterocycles. The maximum Gasteiger partial charge on any atom is 0.323 e. The molecule has 140 valence electrons. The Bertz CT molecular complexity index is 976. The Morgan fingerprint density at radius 3 is 2.52 bits per heavy atom. The van der Waals surface area contributed by atoms with E-state index in [9.17, 15) is 18.7 Å². The van der Waals surface area contributed by atoms with Gasteiger partial charge in [-0.2, -0.15) is 5.10 Å². The fraction of sp³-hybridized carbons (Fsp3) is 0.263. The molecule has 0 radical (unpaired) electrons. The number of halogens is 2. The molecule has 1 aliphatic rings. The number of piperidine rings is 1. The van der Waals surface area contributed by atoms with Crippen molar-refractivity contribution in [1.29, 1.82) is 0 Å². The number of urea groups is 1. The van der Waals surface area contributed by atoms with Gasteiger partial charge in [-0.25, -0.2) is 13.6 Å². The van der Waals surface area contributed by atoms with Gasteiger partial charge in [0.2, 0.25) is 0 Å². The van der Waals surface area contributed by atoms with Crippen LogP contribution in [0.5, 0.6) is 0 Å². The van der Waals surface area contributed by atoms with Gasteiger partial charge in [0.15, 0.2) is 5.82 Å². The summed E-state index contributed by atoms with van der Waals surface area (Å²) in [4.78, 5) is 14.1. The van der Waals surface area contributed by atoms with Crippen LogP contribution in [-0.2, 0) is 5.60 Å². The number of amides is 2. The number of carbonyl (C=O) groups excluding carboxylic acids is 1. The van der Waals surface area contributed by atoms with Crippen LogP contribution in [0.2, 0.25) is 0 Å². The Morgan fingerprint density at radius 2 is 1.81 bits per heavy atom. The lowest BCUT2D eigenvalue weighted by molar-refractivity contribution is -0.0161. The number of H-pyrrole nitrogens is 1. The second kappa shape index (κ2) is 6.62. The molecular formula is C19H18F2N4O2. The number of aromatic amines is 1. The van der Waals surface area contributed by atoms with Crippen LogP contribution in [0.25, 0.3) is 10.9 Å². The Morgan fingerprint density at radius 1 is 1.15 bits per heavy atom. The second-order valence-electron chi connectivity index (χ2n) is 6.72. The minimum atomic E-state index is -1.36. The van der Waals surface area contributed by atoms with Gasteiger partial charge in [-0.05, 0) is 42.7 Å². The minimum absolute atomic E-state index is 0.185.